The third-order valence-corrected chi connectivity index (χ3v) is 3.40. The molecule has 0 atom stereocenters. The standard InChI is InChI=1S/C11H23N3/c1-3-11(4-1)13-5-2-8-14-9-6-12-7-10-14/h11-13H,1-10H2. The molecule has 1 saturated carbocycles. The van der Waals surface area contributed by atoms with E-state index in [1.54, 1.807) is 0 Å². The lowest BCUT2D eigenvalue weighted by Crippen LogP contribution is -2.44. The molecule has 0 unspecified atom stereocenters. The summed E-state index contributed by atoms with van der Waals surface area (Å²) in [5, 5.41) is 7.00. The number of nitrogens with zero attached hydrogens (tertiary/aromatic N) is 1. The smallest absolute Gasteiger partial charge is 0.0107 e. The quantitative estimate of drug-likeness (QED) is 0.626. The number of hydrogen-bond donors (Lipinski definition) is 2. The molecule has 2 N–H and O–H groups in total. The Morgan fingerprint density at radius 3 is 2.64 bits per heavy atom. The van der Waals surface area contributed by atoms with E-state index in [4.69, 9.17) is 0 Å². The van der Waals surface area contributed by atoms with Crippen molar-refractivity contribution in [2.75, 3.05) is 39.3 Å². The molecule has 0 aromatic rings. The van der Waals surface area contributed by atoms with Gasteiger partial charge >= 0.3 is 0 Å². The van der Waals surface area contributed by atoms with Crippen molar-refractivity contribution in [1.29, 1.82) is 0 Å². The van der Waals surface area contributed by atoms with E-state index in [0.717, 1.165) is 6.04 Å². The van der Waals surface area contributed by atoms with Crippen LogP contribution in [0.5, 0.6) is 0 Å². The van der Waals surface area contributed by atoms with Crippen molar-refractivity contribution >= 4 is 0 Å². The summed E-state index contributed by atoms with van der Waals surface area (Å²) in [5.74, 6) is 0. The van der Waals surface area contributed by atoms with Crippen molar-refractivity contribution in [2.45, 2.75) is 31.7 Å². The minimum atomic E-state index is 0.859. The Kier molecular flexibility index (Phi) is 4.22. The largest absolute Gasteiger partial charge is 0.314 e. The molecule has 1 saturated heterocycles. The molecule has 2 rings (SSSR count). The van der Waals surface area contributed by atoms with Crippen LogP contribution in [0.25, 0.3) is 0 Å². The van der Waals surface area contributed by atoms with E-state index in [2.05, 4.69) is 15.5 Å². The van der Waals surface area contributed by atoms with E-state index in [1.165, 1.54) is 65.0 Å². The summed E-state index contributed by atoms with van der Waals surface area (Å²) in [6, 6.07) is 0.859. The summed E-state index contributed by atoms with van der Waals surface area (Å²) in [4.78, 5) is 2.57. The average molecular weight is 197 g/mol. The molecule has 2 aliphatic rings. The normalized spacial score (nSPS) is 24.9. The average Bonchev–Trinajstić information content (AvgIpc) is 2.16. The lowest BCUT2D eigenvalue weighted by molar-refractivity contribution is 0.233. The number of nitrogens with one attached hydrogen (secondary N) is 2. The number of hydrogen-bond acceptors (Lipinski definition) is 3. The Balaban J connectivity index is 1.45. The van der Waals surface area contributed by atoms with Crippen LogP contribution in [0.1, 0.15) is 25.7 Å². The zero-order valence-electron chi connectivity index (χ0n) is 9.10. The lowest BCUT2D eigenvalue weighted by atomic mass is 9.93. The van der Waals surface area contributed by atoms with E-state index < -0.39 is 0 Å². The minimum Gasteiger partial charge on any atom is -0.314 e. The van der Waals surface area contributed by atoms with Gasteiger partial charge in [-0.1, -0.05) is 6.42 Å². The first kappa shape index (κ1) is 10.4. The molecule has 0 radical (unpaired) electrons. The van der Waals surface area contributed by atoms with Crippen LogP contribution in [0.3, 0.4) is 0 Å². The van der Waals surface area contributed by atoms with Gasteiger partial charge in [-0.3, -0.25) is 0 Å². The predicted molar refractivity (Wildman–Crippen MR) is 59.6 cm³/mol. The van der Waals surface area contributed by atoms with Crippen molar-refractivity contribution in [3.05, 3.63) is 0 Å². The van der Waals surface area contributed by atoms with Gasteiger partial charge in [0.1, 0.15) is 0 Å². The topological polar surface area (TPSA) is 27.3 Å². The van der Waals surface area contributed by atoms with E-state index in [-0.39, 0.29) is 0 Å². The Hall–Kier alpha value is -0.120. The molecular formula is C11H23N3. The SMILES string of the molecule is C1CC(NCCCN2CCNCC2)C1. The monoisotopic (exact) mass is 197 g/mol. The maximum absolute atomic E-state index is 3.62. The summed E-state index contributed by atoms with van der Waals surface area (Å²) in [5.41, 5.74) is 0. The highest BCUT2D eigenvalue weighted by Crippen LogP contribution is 2.17. The van der Waals surface area contributed by atoms with E-state index >= 15 is 0 Å². The zero-order chi connectivity index (χ0) is 9.64. The van der Waals surface area contributed by atoms with Gasteiger partial charge in [0.15, 0.2) is 0 Å². The summed E-state index contributed by atoms with van der Waals surface area (Å²) >= 11 is 0. The van der Waals surface area contributed by atoms with Crippen molar-refractivity contribution in [3.8, 4) is 0 Å². The molecule has 14 heavy (non-hydrogen) atoms. The summed E-state index contributed by atoms with van der Waals surface area (Å²) in [7, 11) is 0. The highest BCUT2D eigenvalue weighted by atomic mass is 15.2. The highest BCUT2D eigenvalue weighted by molar-refractivity contribution is 4.76. The first-order valence-corrected chi connectivity index (χ1v) is 6.11. The maximum Gasteiger partial charge on any atom is 0.0107 e. The number of rotatable bonds is 5. The molecule has 0 aromatic carbocycles. The van der Waals surface area contributed by atoms with Gasteiger partial charge in [0.25, 0.3) is 0 Å². The third-order valence-electron chi connectivity index (χ3n) is 3.40. The van der Waals surface area contributed by atoms with Crippen LogP contribution in [0.15, 0.2) is 0 Å². The van der Waals surface area contributed by atoms with Crippen LogP contribution in [0.4, 0.5) is 0 Å². The number of piperazine rings is 1. The molecule has 1 heterocycles. The molecule has 0 aromatic heterocycles. The molecule has 3 heteroatoms. The van der Waals surface area contributed by atoms with Gasteiger partial charge in [0.2, 0.25) is 0 Å². The molecule has 0 bridgehead atoms. The Morgan fingerprint density at radius 2 is 2.00 bits per heavy atom. The van der Waals surface area contributed by atoms with Crippen molar-refractivity contribution < 1.29 is 0 Å². The van der Waals surface area contributed by atoms with Gasteiger partial charge < -0.3 is 15.5 Å². The molecule has 82 valence electrons. The van der Waals surface area contributed by atoms with Crippen LogP contribution < -0.4 is 10.6 Å². The highest BCUT2D eigenvalue weighted by Gasteiger charge is 2.16. The third kappa shape index (κ3) is 3.23. The van der Waals surface area contributed by atoms with Gasteiger partial charge in [0.05, 0.1) is 0 Å². The van der Waals surface area contributed by atoms with Crippen LogP contribution in [0.2, 0.25) is 0 Å². The van der Waals surface area contributed by atoms with Gasteiger partial charge in [-0.2, -0.15) is 0 Å². The first-order valence-electron chi connectivity index (χ1n) is 6.11. The summed E-state index contributed by atoms with van der Waals surface area (Å²) in [6.07, 6.45) is 5.58. The molecule has 0 amide bonds. The summed E-state index contributed by atoms with van der Waals surface area (Å²) in [6.45, 7) is 7.33. The molecule has 3 nitrogen and oxygen atoms in total. The second-order valence-electron chi connectivity index (χ2n) is 4.53. The van der Waals surface area contributed by atoms with Crippen molar-refractivity contribution in [3.63, 3.8) is 0 Å². The van der Waals surface area contributed by atoms with E-state index in [0.29, 0.717) is 0 Å². The van der Waals surface area contributed by atoms with E-state index in [1.807, 2.05) is 0 Å². The lowest BCUT2D eigenvalue weighted by Gasteiger charge is -2.29. The molecular weight excluding hydrogens is 174 g/mol. The predicted octanol–water partition coefficient (Wildman–Crippen LogP) is 0.424. The fourth-order valence-corrected chi connectivity index (χ4v) is 2.16. The molecule has 1 aliphatic heterocycles. The molecule has 0 spiro atoms. The van der Waals surface area contributed by atoms with Crippen LogP contribution >= 0.6 is 0 Å². The van der Waals surface area contributed by atoms with Gasteiger partial charge in [-0.25, -0.2) is 0 Å². The maximum atomic E-state index is 3.62. The molecule has 2 fully saturated rings. The van der Waals surface area contributed by atoms with Gasteiger partial charge in [-0.15, -0.1) is 0 Å². The second-order valence-corrected chi connectivity index (χ2v) is 4.53. The molecule has 1 aliphatic carbocycles. The second kappa shape index (κ2) is 5.69. The van der Waals surface area contributed by atoms with Crippen LogP contribution in [-0.2, 0) is 0 Å². The Labute approximate surface area is 87.2 Å². The fraction of sp³-hybridized carbons (Fsp3) is 1.00. The van der Waals surface area contributed by atoms with Gasteiger partial charge in [0, 0.05) is 32.2 Å². The summed E-state index contributed by atoms with van der Waals surface area (Å²) < 4.78 is 0. The fourth-order valence-electron chi connectivity index (χ4n) is 2.16. The van der Waals surface area contributed by atoms with Crippen LogP contribution in [0, 0.1) is 0 Å². The van der Waals surface area contributed by atoms with Crippen molar-refractivity contribution in [1.82, 2.24) is 15.5 Å². The van der Waals surface area contributed by atoms with Gasteiger partial charge in [-0.05, 0) is 32.4 Å². The Bertz CT molecular complexity index is 151. The Morgan fingerprint density at radius 1 is 1.21 bits per heavy atom. The first-order chi connectivity index (χ1) is 6.95. The minimum absolute atomic E-state index is 0.859. The van der Waals surface area contributed by atoms with Crippen LogP contribution in [-0.4, -0.2) is 50.2 Å². The zero-order valence-corrected chi connectivity index (χ0v) is 9.10. The van der Waals surface area contributed by atoms with E-state index in [9.17, 15) is 0 Å². The van der Waals surface area contributed by atoms with Crippen molar-refractivity contribution in [2.24, 2.45) is 0 Å².